The van der Waals surface area contributed by atoms with Crippen molar-refractivity contribution < 1.29 is 28.6 Å². The van der Waals surface area contributed by atoms with Crippen molar-refractivity contribution in [3.8, 4) is 0 Å². The molecule has 0 aromatic rings. The molecule has 0 aliphatic heterocycles. The highest BCUT2D eigenvalue weighted by molar-refractivity contribution is 5.72. The molecule has 0 aromatic carbocycles. The van der Waals surface area contributed by atoms with Crippen LogP contribution in [0.15, 0.2) is 0 Å². The molecule has 0 amide bonds. The van der Waals surface area contributed by atoms with Gasteiger partial charge in [0.05, 0.1) is 5.92 Å². The van der Waals surface area contributed by atoms with E-state index in [4.69, 9.17) is 14.2 Å². The molecule has 2 unspecified atom stereocenters. The van der Waals surface area contributed by atoms with E-state index < -0.39 is 12.2 Å². The summed E-state index contributed by atoms with van der Waals surface area (Å²) in [6, 6.07) is 0. The van der Waals surface area contributed by atoms with Gasteiger partial charge in [0.25, 0.3) is 6.47 Å². The monoisotopic (exact) mass is 726 g/mol. The highest BCUT2D eigenvalue weighted by Crippen LogP contribution is 2.22. The fourth-order valence-corrected chi connectivity index (χ4v) is 6.32. The summed E-state index contributed by atoms with van der Waals surface area (Å²) in [5.74, 6) is -0.656. The van der Waals surface area contributed by atoms with Crippen LogP contribution < -0.4 is 0 Å². The Kier molecular flexibility index (Phi) is 41.5. The van der Waals surface area contributed by atoms with E-state index >= 15 is 0 Å². The van der Waals surface area contributed by atoms with E-state index in [-0.39, 0.29) is 24.5 Å². The lowest BCUT2D eigenvalue weighted by Gasteiger charge is -2.27. The van der Waals surface area contributed by atoms with Crippen LogP contribution in [0.3, 0.4) is 0 Å². The minimum absolute atomic E-state index is 0.0947. The predicted octanol–water partition coefficient (Wildman–Crippen LogP) is 12.6. The zero-order chi connectivity index (χ0) is 38.2. The molecule has 0 radical (unpaired) electrons. The van der Waals surface area contributed by atoms with Gasteiger partial charge in [0, 0.05) is 19.4 Å². The quantitative estimate of drug-likeness (QED) is 0.0273. The van der Waals surface area contributed by atoms with Gasteiger partial charge in [-0.1, -0.05) is 189 Å². The van der Waals surface area contributed by atoms with Gasteiger partial charge < -0.3 is 19.1 Å². The molecule has 304 valence electrons. The molecule has 0 heterocycles. The summed E-state index contributed by atoms with van der Waals surface area (Å²) in [6.07, 6.45) is 31.9. The van der Waals surface area contributed by atoms with Gasteiger partial charge in [0.15, 0.2) is 6.10 Å². The molecule has 0 aliphatic carbocycles. The van der Waals surface area contributed by atoms with Crippen LogP contribution in [-0.4, -0.2) is 62.8 Å². The molecule has 0 spiro atoms. The molecule has 2 atom stereocenters. The van der Waals surface area contributed by atoms with Gasteiger partial charge >= 0.3 is 11.9 Å². The normalized spacial score (nSPS) is 12.3. The summed E-state index contributed by atoms with van der Waals surface area (Å²) < 4.78 is 16.9. The first-order valence-electron chi connectivity index (χ1n) is 21.9. The van der Waals surface area contributed by atoms with E-state index in [0.29, 0.717) is 25.9 Å². The number of hydrogen-bond donors (Lipinski definition) is 0. The molecule has 51 heavy (non-hydrogen) atoms. The molecule has 0 rings (SSSR count). The smallest absolute Gasteiger partial charge is 0.309 e. The highest BCUT2D eigenvalue weighted by atomic mass is 16.6. The van der Waals surface area contributed by atoms with E-state index in [1.807, 2.05) is 19.0 Å². The van der Waals surface area contributed by atoms with Gasteiger partial charge in [-0.05, 0) is 33.4 Å². The Bertz CT molecular complexity index is 723. The van der Waals surface area contributed by atoms with Crippen LogP contribution in [0, 0.1) is 5.92 Å². The summed E-state index contributed by atoms with van der Waals surface area (Å²) in [6.45, 7) is 12.1. The largest absolute Gasteiger partial charge is 0.461 e. The molecular formula is C44H87NO6. The maximum absolute atomic E-state index is 13.2. The van der Waals surface area contributed by atoms with Gasteiger partial charge in [0.2, 0.25) is 0 Å². The molecule has 7 nitrogen and oxygen atoms in total. The van der Waals surface area contributed by atoms with E-state index in [0.717, 1.165) is 57.8 Å². The van der Waals surface area contributed by atoms with Crippen molar-refractivity contribution in [2.45, 2.75) is 233 Å². The lowest BCUT2D eigenvalue weighted by molar-refractivity contribution is -0.171. The van der Waals surface area contributed by atoms with Crippen molar-refractivity contribution in [2.75, 3.05) is 27.2 Å². The fraction of sp³-hybridized carbons (Fsp3) is 0.932. The maximum atomic E-state index is 13.2. The van der Waals surface area contributed by atoms with Gasteiger partial charge in [-0.3, -0.25) is 14.4 Å². The number of nitrogens with zero attached hydrogens (tertiary/aromatic N) is 1. The van der Waals surface area contributed by atoms with Gasteiger partial charge in [-0.2, -0.15) is 0 Å². The van der Waals surface area contributed by atoms with Crippen molar-refractivity contribution in [1.29, 1.82) is 0 Å². The third-order valence-corrected chi connectivity index (χ3v) is 9.77. The van der Waals surface area contributed by atoms with Crippen LogP contribution in [-0.2, 0) is 28.6 Å². The number of unbranched alkanes of at least 4 members (excludes halogenated alkanes) is 21. The SMILES string of the molecule is CCCCCCCCCC.CCCCCCCCCC(=O)OC(CCN(C)C)C(COC(=O)C(CCCCCCC)CCCCCCC)OC=O. The zero-order valence-corrected chi connectivity index (χ0v) is 35.1. The lowest BCUT2D eigenvalue weighted by atomic mass is 9.94. The predicted molar refractivity (Wildman–Crippen MR) is 216 cm³/mol. The number of carbonyl (C=O) groups is 3. The minimum Gasteiger partial charge on any atom is -0.461 e. The van der Waals surface area contributed by atoms with E-state index in [9.17, 15) is 14.4 Å². The first-order chi connectivity index (χ1) is 24.8. The Morgan fingerprint density at radius 1 is 0.529 bits per heavy atom. The molecule has 0 saturated heterocycles. The Morgan fingerprint density at radius 2 is 0.922 bits per heavy atom. The molecule has 0 aromatic heterocycles. The van der Waals surface area contributed by atoms with Crippen LogP contribution in [0.1, 0.15) is 221 Å². The van der Waals surface area contributed by atoms with E-state index in [1.165, 1.54) is 116 Å². The third kappa shape index (κ3) is 36.5. The number of ether oxygens (including phenoxy) is 3. The molecule has 0 fully saturated rings. The average molecular weight is 726 g/mol. The summed E-state index contributed by atoms with van der Waals surface area (Å²) in [5, 5.41) is 0. The van der Waals surface area contributed by atoms with Crippen LogP contribution in [0.5, 0.6) is 0 Å². The Balaban J connectivity index is 0. The number of carbonyl (C=O) groups excluding carboxylic acids is 3. The van der Waals surface area contributed by atoms with Crippen LogP contribution in [0.25, 0.3) is 0 Å². The Hall–Kier alpha value is -1.63. The minimum atomic E-state index is -0.816. The Morgan fingerprint density at radius 3 is 1.31 bits per heavy atom. The molecule has 7 heteroatoms. The summed E-state index contributed by atoms with van der Waals surface area (Å²) >= 11 is 0. The summed E-state index contributed by atoms with van der Waals surface area (Å²) in [7, 11) is 3.89. The second-order valence-corrected chi connectivity index (χ2v) is 15.1. The zero-order valence-electron chi connectivity index (χ0n) is 35.1. The van der Waals surface area contributed by atoms with Crippen molar-refractivity contribution in [3.63, 3.8) is 0 Å². The lowest BCUT2D eigenvalue weighted by Crippen LogP contribution is -2.40. The van der Waals surface area contributed by atoms with E-state index in [2.05, 4.69) is 34.6 Å². The van der Waals surface area contributed by atoms with Crippen LogP contribution in [0.4, 0.5) is 0 Å². The molecule has 0 bridgehead atoms. The summed E-state index contributed by atoms with van der Waals surface area (Å²) in [4.78, 5) is 39.3. The molecule has 0 saturated carbocycles. The molecule has 0 aliphatic rings. The molecule has 0 N–H and O–H groups in total. The molecular weight excluding hydrogens is 638 g/mol. The standard InChI is InChI=1S/C34H65NO6.C10H22/c1-6-9-12-15-16-19-22-25-33(37)41-31(26-27-35(4)5)32(40-29-36)28-39-34(38)30(23-20-17-13-10-7-2)24-21-18-14-11-8-3;1-3-5-7-9-10-8-6-4-2/h29-32H,6-28H2,1-5H3;3-10H2,1-2H3. The van der Waals surface area contributed by atoms with Crippen LogP contribution in [0.2, 0.25) is 0 Å². The number of esters is 2. The third-order valence-electron chi connectivity index (χ3n) is 9.77. The van der Waals surface area contributed by atoms with Crippen molar-refractivity contribution in [1.82, 2.24) is 4.90 Å². The second-order valence-electron chi connectivity index (χ2n) is 15.1. The first-order valence-corrected chi connectivity index (χ1v) is 21.9. The van der Waals surface area contributed by atoms with Crippen molar-refractivity contribution in [2.24, 2.45) is 5.92 Å². The van der Waals surface area contributed by atoms with E-state index in [1.54, 1.807) is 0 Å². The Labute approximate surface area is 317 Å². The second kappa shape index (κ2) is 41.1. The van der Waals surface area contributed by atoms with Crippen molar-refractivity contribution >= 4 is 18.4 Å². The fourth-order valence-electron chi connectivity index (χ4n) is 6.32. The van der Waals surface area contributed by atoms with Gasteiger partial charge in [0.1, 0.15) is 12.7 Å². The maximum Gasteiger partial charge on any atom is 0.309 e. The van der Waals surface area contributed by atoms with Crippen LogP contribution >= 0.6 is 0 Å². The topological polar surface area (TPSA) is 82.1 Å². The first kappa shape index (κ1) is 51.5. The average Bonchev–Trinajstić information content (AvgIpc) is 3.12. The highest BCUT2D eigenvalue weighted by Gasteiger charge is 2.30. The van der Waals surface area contributed by atoms with Gasteiger partial charge in [-0.15, -0.1) is 0 Å². The summed E-state index contributed by atoms with van der Waals surface area (Å²) in [5.41, 5.74) is 0. The number of hydrogen-bond acceptors (Lipinski definition) is 7. The number of rotatable bonds is 37. The van der Waals surface area contributed by atoms with Crippen molar-refractivity contribution in [3.05, 3.63) is 0 Å². The van der Waals surface area contributed by atoms with Gasteiger partial charge in [-0.25, -0.2) is 0 Å².